The first-order valence-electron chi connectivity index (χ1n) is 2.91. The van der Waals surface area contributed by atoms with Crippen LogP contribution in [0.25, 0.3) is 0 Å². The summed E-state index contributed by atoms with van der Waals surface area (Å²) in [5.41, 5.74) is 0.342. The van der Waals surface area contributed by atoms with Crippen LogP contribution in [0.1, 0.15) is 0 Å². The Kier molecular flexibility index (Phi) is 2.34. The molecule has 10 heavy (non-hydrogen) atoms. The van der Waals surface area contributed by atoms with E-state index in [4.69, 9.17) is 9.84 Å². The van der Waals surface area contributed by atoms with Crippen LogP contribution in [0.3, 0.4) is 0 Å². The molecule has 1 heterocycles. The Balaban J connectivity index is 2.71. The summed E-state index contributed by atoms with van der Waals surface area (Å²) in [4.78, 5) is 10.4. The van der Waals surface area contributed by atoms with Crippen LogP contribution >= 0.6 is 12.6 Å². The molecule has 1 aliphatic rings. The van der Waals surface area contributed by atoms with E-state index < -0.39 is 5.97 Å². The molecule has 0 bridgehead atoms. The monoisotopic (exact) mass is 160 g/mol. The van der Waals surface area contributed by atoms with Crippen LogP contribution in [-0.4, -0.2) is 29.5 Å². The number of hydrogen-bond donors (Lipinski definition) is 2. The fraction of sp³-hybridized carbons (Fsp3) is 0.500. The number of rotatable bonds is 1. The minimum Gasteiger partial charge on any atom is -0.478 e. The van der Waals surface area contributed by atoms with E-state index in [0.717, 1.165) is 0 Å². The molecule has 0 fully saturated rings. The molecule has 3 nitrogen and oxygen atoms in total. The van der Waals surface area contributed by atoms with Crippen LogP contribution in [-0.2, 0) is 9.53 Å². The molecule has 0 saturated carbocycles. The zero-order valence-electron chi connectivity index (χ0n) is 5.28. The molecule has 4 heteroatoms. The van der Waals surface area contributed by atoms with Crippen molar-refractivity contribution in [2.75, 3.05) is 13.2 Å². The van der Waals surface area contributed by atoms with Crippen molar-refractivity contribution in [1.82, 2.24) is 0 Å². The lowest BCUT2D eigenvalue weighted by Gasteiger charge is -2.16. The fourth-order valence-electron chi connectivity index (χ4n) is 0.784. The zero-order chi connectivity index (χ0) is 7.56. The molecule has 0 aromatic carbocycles. The fourth-order valence-corrected chi connectivity index (χ4v) is 1.11. The molecule has 0 amide bonds. The summed E-state index contributed by atoms with van der Waals surface area (Å²) in [7, 11) is 0. The summed E-state index contributed by atoms with van der Waals surface area (Å²) in [5.74, 6) is -0.900. The lowest BCUT2D eigenvalue weighted by atomic mass is 10.1. The number of carboxylic acid groups (broad SMARTS) is 1. The zero-order valence-corrected chi connectivity index (χ0v) is 6.17. The molecule has 0 unspecified atom stereocenters. The highest BCUT2D eigenvalue weighted by Gasteiger charge is 2.19. The largest absolute Gasteiger partial charge is 0.478 e. The summed E-state index contributed by atoms with van der Waals surface area (Å²) in [5, 5.41) is 8.26. The lowest BCUT2D eigenvalue weighted by Crippen LogP contribution is -2.23. The Hall–Kier alpha value is -0.480. The number of carbonyl (C=O) groups is 1. The SMILES string of the molecule is O=C(O)C1=CCOC[C@H]1S. The number of thiol groups is 1. The summed E-state index contributed by atoms with van der Waals surface area (Å²) < 4.78 is 4.95. The lowest BCUT2D eigenvalue weighted by molar-refractivity contribution is -0.133. The third kappa shape index (κ3) is 1.52. The Morgan fingerprint density at radius 2 is 2.60 bits per heavy atom. The second-order valence-corrected chi connectivity index (χ2v) is 2.64. The van der Waals surface area contributed by atoms with Crippen LogP contribution in [0, 0.1) is 0 Å². The van der Waals surface area contributed by atoms with E-state index >= 15 is 0 Å². The minimum atomic E-state index is -0.900. The third-order valence-electron chi connectivity index (χ3n) is 1.30. The topological polar surface area (TPSA) is 46.5 Å². The van der Waals surface area contributed by atoms with E-state index in [-0.39, 0.29) is 5.25 Å². The van der Waals surface area contributed by atoms with E-state index in [2.05, 4.69) is 12.6 Å². The smallest absolute Gasteiger partial charge is 0.332 e. The number of hydrogen-bond acceptors (Lipinski definition) is 3. The van der Waals surface area contributed by atoms with Gasteiger partial charge in [0.1, 0.15) is 0 Å². The van der Waals surface area contributed by atoms with Gasteiger partial charge in [0.2, 0.25) is 0 Å². The molecule has 0 aromatic heterocycles. The highest BCUT2D eigenvalue weighted by molar-refractivity contribution is 7.81. The molecule has 1 aliphatic heterocycles. The van der Waals surface area contributed by atoms with Gasteiger partial charge in [-0.2, -0.15) is 12.6 Å². The average Bonchev–Trinajstić information content (AvgIpc) is 1.88. The van der Waals surface area contributed by atoms with Crippen molar-refractivity contribution in [2.24, 2.45) is 0 Å². The molecule has 56 valence electrons. The van der Waals surface area contributed by atoms with Crippen molar-refractivity contribution in [3.05, 3.63) is 11.6 Å². The average molecular weight is 160 g/mol. The molecule has 0 radical (unpaired) electrons. The first-order valence-corrected chi connectivity index (χ1v) is 3.42. The number of carboxylic acids is 1. The maximum Gasteiger partial charge on any atom is 0.332 e. The summed E-state index contributed by atoms with van der Waals surface area (Å²) in [6.45, 7) is 0.778. The predicted octanol–water partition coefficient (Wildman–Crippen LogP) is 0.326. The van der Waals surface area contributed by atoms with Crippen LogP contribution in [0.2, 0.25) is 0 Å². The highest BCUT2D eigenvalue weighted by atomic mass is 32.1. The molecule has 0 saturated heterocycles. The molecular formula is C6H8O3S. The molecule has 1 atom stereocenters. The van der Waals surface area contributed by atoms with Gasteiger partial charge >= 0.3 is 5.97 Å². The molecule has 1 rings (SSSR count). The van der Waals surface area contributed by atoms with Crippen molar-refractivity contribution in [3.8, 4) is 0 Å². The Labute approximate surface area is 64.1 Å². The van der Waals surface area contributed by atoms with Gasteiger partial charge in [0.15, 0.2) is 0 Å². The standard InChI is InChI=1S/C6H8O3S/c7-6(8)4-1-2-9-3-5(4)10/h1,5,10H,2-3H2,(H,7,8)/t5-/m1/s1. The maximum atomic E-state index is 10.4. The van der Waals surface area contributed by atoms with Gasteiger partial charge < -0.3 is 9.84 Å². The van der Waals surface area contributed by atoms with Crippen LogP contribution < -0.4 is 0 Å². The normalized spacial score (nSPS) is 25.7. The first kappa shape index (κ1) is 7.63. The van der Waals surface area contributed by atoms with Crippen LogP contribution in [0.15, 0.2) is 11.6 Å². The second-order valence-electron chi connectivity index (χ2n) is 2.02. The maximum absolute atomic E-state index is 10.4. The van der Waals surface area contributed by atoms with Gasteiger partial charge in [0, 0.05) is 0 Å². The van der Waals surface area contributed by atoms with Crippen molar-refractivity contribution in [1.29, 1.82) is 0 Å². The predicted molar refractivity (Wildman–Crippen MR) is 39.3 cm³/mol. The van der Waals surface area contributed by atoms with Crippen molar-refractivity contribution in [3.63, 3.8) is 0 Å². The minimum absolute atomic E-state index is 0.272. The summed E-state index contributed by atoms with van der Waals surface area (Å²) in [6, 6.07) is 0. The second kappa shape index (κ2) is 3.07. The van der Waals surface area contributed by atoms with Crippen molar-refractivity contribution < 1.29 is 14.6 Å². The van der Waals surface area contributed by atoms with Gasteiger partial charge in [0.05, 0.1) is 24.0 Å². The van der Waals surface area contributed by atoms with Gasteiger partial charge in [-0.1, -0.05) is 0 Å². The van der Waals surface area contributed by atoms with Gasteiger partial charge in [0.25, 0.3) is 0 Å². The summed E-state index contributed by atoms with van der Waals surface area (Å²) >= 11 is 4.02. The molecular weight excluding hydrogens is 152 g/mol. The Morgan fingerprint density at radius 3 is 3.00 bits per heavy atom. The quantitative estimate of drug-likeness (QED) is 0.543. The van der Waals surface area contributed by atoms with Crippen molar-refractivity contribution in [2.45, 2.75) is 5.25 Å². The molecule has 0 aromatic rings. The van der Waals surface area contributed by atoms with E-state index in [0.29, 0.717) is 18.8 Å². The number of aliphatic carboxylic acids is 1. The third-order valence-corrected chi connectivity index (χ3v) is 1.73. The van der Waals surface area contributed by atoms with Gasteiger partial charge in [-0.05, 0) is 6.08 Å². The molecule has 0 spiro atoms. The first-order chi connectivity index (χ1) is 4.72. The van der Waals surface area contributed by atoms with E-state index in [1.807, 2.05) is 0 Å². The summed E-state index contributed by atoms with van der Waals surface area (Å²) in [6.07, 6.45) is 1.55. The van der Waals surface area contributed by atoms with Crippen LogP contribution in [0.4, 0.5) is 0 Å². The van der Waals surface area contributed by atoms with Crippen molar-refractivity contribution >= 4 is 18.6 Å². The van der Waals surface area contributed by atoms with E-state index in [9.17, 15) is 4.79 Å². The van der Waals surface area contributed by atoms with Gasteiger partial charge in [-0.25, -0.2) is 4.79 Å². The van der Waals surface area contributed by atoms with E-state index in [1.54, 1.807) is 6.08 Å². The van der Waals surface area contributed by atoms with Gasteiger partial charge in [-0.15, -0.1) is 0 Å². The Bertz CT molecular complexity index is 176. The van der Waals surface area contributed by atoms with E-state index in [1.165, 1.54) is 0 Å². The van der Waals surface area contributed by atoms with Crippen LogP contribution in [0.5, 0.6) is 0 Å². The molecule has 1 N–H and O–H groups in total. The number of ether oxygens (including phenoxy) is 1. The highest BCUT2D eigenvalue weighted by Crippen LogP contribution is 2.13. The molecule has 0 aliphatic carbocycles. The van der Waals surface area contributed by atoms with Gasteiger partial charge in [-0.3, -0.25) is 0 Å². The Morgan fingerprint density at radius 1 is 1.90 bits per heavy atom.